The number of nitriles is 1. The Balaban J connectivity index is 2.36. The van der Waals surface area contributed by atoms with Crippen LogP contribution in [0.25, 0.3) is 0 Å². The highest BCUT2D eigenvalue weighted by molar-refractivity contribution is 9.10. The van der Waals surface area contributed by atoms with Gasteiger partial charge in [-0.2, -0.15) is 5.26 Å². The van der Waals surface area contributed by atoms with Gasteiger partial charge in [0.05, 0.1) is 5.56 Å². The van der Waals surface area contributed by atoms with E-state index in [1.54, 1.807) is 6.20 Å². The maximum atomic E-state index is 9.05. The molecule has 78 valence electrons. The molecule has 2 rings (SSSR count). The van der Waals surface area contributed by atoms with Crippen LogP contribution in [-0.2, 0) is 0 Å². The smallest absolute Gasteiger partial charge is 0.116 e. The van der Waals surface area contributed by atoms with Gasteiger partial charge in [0.1, 0.15) is 17.4 Å². The molecule has 1 aromatic carbocycles. The summed E-state index contributed by atoms with van der Waals surface area (Å²) in [6.45, 7) is 0. The Morgan fingerprint density at radius 2 is 2.19 bits per heavy atom. The van der Waals surface area contributed by atoms with Gasteiger partial charge in [-0.15, -0.1) is 0 Å². The van der Waals surface area contributed by atoms with Crippen molar-refractivity contribution < 1.29 is 0 Å². The number of hydrogen-bond acceptors (Lipinski definition) is 4. The number of benzene rings is 1. The fraction of sp³-hybridized carbons (Fsp3) is 0. The van der Waals surface area contributed by atoms with E-state index < -0.39 is 0 Å². The molecule has 0 atom stereocenters. The Hall–Kier alpha value is -1.38. The van der Waals surface area contributed by atoms with Crippen LogP contribution in [0.1, 0.15) is 5.56 Å². The average Bonchev–Trinajstić information content (AvgIpc) is 2.31. The van der Waals surface area contributed by atoms with Crippen LogP contribution in [0.2, 0.25) is 0 Å². The Morgan fingerprint density at radius 1 is 1.31 bits per heavy atom. The first-order valence-corrected chi connectivity index (χ1v) is 6.04. The second-order valence-electron chi connectivity index (χ2n) is 2.87. The minimum atomic E-state index is 0.631. The Bertz CT molecular complexity index is 537. The van der Waals surface area contributed by atoms with E-state index in [-0.39, 0.29) is 0 Å². The summed E-state index contributed by atoms with van der Waals surface area (Å²) in [6, 6.07) is 9.63. The zero-order valence-electron chi connectivity index (χ0n) is 8.09. The van der Waals surface area contributed by atoms with E-state index in [1.807, 2.05) is 24.3 Å². The molecule has 0 radical (unpaired) electrons. The monoisotopic (exact) mass is 291 g/mol. The molecule has 0 N–H and O–H groups in total. The van der Waals surface area contributed by atoms with Crippen LogP contribution in [0.3, 0.4) is 0 Å². The van der Waals surface area contributed by atoms with Crippen LogP contribution in [0, 0.1) is 11.3 Å². The van der Waals surface area contributed by atoms with Crippen LogP contribution >= 0.6 is 27.7 Å². The van der Waals surface area contributed by atoms with Gasteiger partial charge in [-0.25, -0.2) is 9.97 Å². The molecule has 3 nitrogen and oxygen atoms in total. The lowest BCUT2D eigenvalue weighted by atomic mass is 10.2. The zero-order chi connectivity index (χ0) is 11.4. The largest absolute Gasteiger partial charge is 0.245 e. The first-order valence-electron chi connectivity index (χ1n) is 4.44. The van der Waals surface area contributed by atoms with Gasteiger partial charge in [0.2, 0.25) is 0 Å². The molecule has 16 heavy (non-hydrogen) atoms. The number of aromatic nitrogens is 2. The summed E-state index contributed by atoms with van der Waals surface area (Å²) in [7, 11) is 0. The van der Waals surface area contributed by atoms with Crippen molar-refractivity contribution in [2.45, 2.75) is 9.92 Å². The molecule has 0 unspecified atom stereocenters. The number of rotatable bonds is 2. The molecule has 0 bridgehead atoms. The molecule has 0 aliphatic carbocycles. The van der Waals surface area contributed by atoms with Crippen LogP contribution in [-0.4, -0.2) is 9.97 Å². The number of nitrogens with zero attached hydrogens (tertiary/aromatic N) is 3. The molecule has 0 aliphatic heterocycles. The van der Waals surface area contributed by atoms with E-state index in [0.29, 0.717) is 5.56 Å². The third kappa shape index (κ3) is 2.40. The third-order valence-corrected chi connectivity index (χ3v) is 3.53. The van der Waals surface area contributed by atoms with Gasteiger partial charge in [-0.05, 0) is 34.1 Å². The first-order chi connectivity index (χ1) is 7.81. The predicted octanol–water partition coefficient (Wildman–Crippen LogP) is 3.26. The summed E-state index contributed by atoms with van der Waals surface area (Å²) in [5.41, 5.74) is 0.631. The van der Waals surface area contributed by atoms with Gasteiger partial charge in [0, 0.05) is 15.6 Å². The number of hydrogen-bond donors (Lipinski definition) is 0. The van der Waals surface area contributed by atoms with E-state index >= 15 is 0 Å². The summed E-state index contributed by atoms with van der Waals surface area (Å²) < 4.78 is 0.800. The van der Waals surface area contributed by atoms with Crippen LogP contribution in [0.5, 0.6) is 0 Å². The predicted molar refractivity (Wildman–Crippen MR) is 65.0 cm³/mol. The van der Waals surface area contributed by atoms with Gasteiger partial charge >= 0.3 is 0 Å². The van der Waals surface area contributed by atoms with Crippen molar-refractivity contribution in [1.82, 2.24) is 9.97 Å². The van der Waals surface area contributed by atoms with Gasteiger partial charge < -0.3 is 0 Å². The summed E-state index contributed by atoms with van der Waals surface area (Å²) in [4.78, 5) is 8.84. The van der Waals surface area contributed by atoms with Gasteiger partial charge in [0.25, 0.3) is 0 Å². The zero-order valence-corrected chi connectivity index (χ0v) is 10.5. The fourth-order valence-corrected chi connectivity index (χ4v) is 2.59. The van der Waals surface area contributed by atoms with Crippen LogP contribution in [0.4, 0.5) is 0 Å². The highest BCUT2D eigenvalue weighted by atomic mass is 79.9. The average molecular weight is 292 g/mol. The van der Waals surface area contributed by atoms with Crippen molar-refractivity contribution in [3.8, 4) is 6.07 Å². The molecule has 0 saturated carbocycles. The lowest BCUT2D eigenvalue weighted by molar-refractivity contribution is 1.05. The van der Waals surface area contributed by atoms with Gasteiger partial charge in [0.15, 0.2) is 0 Å². The SMILES string of the molecule is N#Cc1c(Br)cccc1Sc1ccncn1. The summed E-state index contributed by atoms with van der Waals surface area (Å²) in [5, 5.41) is 9.87. The van der Waals surface area contributed by atoms with Crippen molar-refractivity contribution in [3.63, 3.8) is 0 Å². The second kappa shape index (κ2) is 5.10. The first kappa shape index (κ1) is 11.1. The summed E-state index contributed by atoms with van der Waals surface area (Å²) in [5.74, 6) is 0. The molecule has 0 fully saturated rings. The molecule has 0 aliphatic rings. The molecule has 0 saturated heterocycles. The minimum absolute atomic E-state index is 0.631. The van der Waals surface area contributed by atoms with Crippen molar-refractivity contribution in [3.05, 3.63) is 46.8 Å². The summed E-state index contributed by atoms with van der Waals surface area (Å²) in [6.07, 6.45) is 3.17. The standard InChI is InChI=1S/C11H6BrN3S/c12-9-2-1-3-10(8(9)6-13)16-11-4-5-14-7-15-11/h1-5,7H. The molecule has 1 heterocycles. The molecule has 5 heteroatoms. The quantitative estimate of drug-likeness (QED) is 0.797. The van der Waals surface area contributed by atoms with Crippen molar-refractivity contribution in [2.75, 3.05) is 0 Å². The van der Waals surface area contributed by atoms with Gasteiger partial charge in [-0.3, -0.25) is 0 Å². The van der Waals surface area contributed by atoms with E-state index in [2.05, 4.69) is 32.0 Å². The van der Waals surface area contributed by atoms with Crippen LogP contribution in [0.15, 0.2) is 51.2 Å². The van der Waals surface area contributed by atoms with E-state index in [9.17, 15) is 0 Å². The minimum Gasteiger partial charge on any atom is -0.245 e. The van der Waals surface area contributed by atoms with Crippen molar-refractivity contribution in [2.24, 2.45) is 0 Å². The lowest BCUT2D eigenvalue weighted by Crippen LogP contribution is -1.85. The Kier molecular flexibility index (Phi) is 3.54. The highest BCUT2D eigenvalue weighted by Crippen LogP contribution is 2.31. The molecule has 2 aromatic rings. The molecule has 0 spiro atoms. The van der Waals surface area contributed by atoms with E-state index in [1.165, 1.54) is 18.1 Å². The fourth-order valence-electron chi connectivity index (χ4n) is 1.15. The molecular formula is C11H6BrN3S. The van der Waals surface area contributed by atoms with E-state index in [4.69, 9.17) is 5.26 Å². The molecule has 1 aromatic heterocycles. The topological polar surface area (TPSA) is 49.6 Å². The van der Waals surface area contributed by atoms with E-state index in [0.717, 1.165) is 14.4 Å². The third-order valence-electron chi connectivity index (χ3n) is 1.86. The Morgan fingerprint density at radius 3 is 2.88 bits per heavy atom. The van der Waals surface area contributed by atoms with Crippen molar-refractivity contribution >= 4 is 27.7 Å². The lowest BCUT2D eigenvalue weighted by Gasteiger charge is -2.03. The maximum absolute atomic E-state index is 9.05. The number of halogens is 1. The molecular weight excluding hydrogens is 286 g/mol. The maximum Gasteiger partial charge on any atom is 0.116 e. The molecule has 0 amide bonds. The Labute approximate surface area is 106 Å². The van der Waals surface area contributed by atoms with Gasteiger partial charge in [-0.1, -0.05) is 17.8 Å². The normalized spacial score (nSPS) is 9.75. The second-order valence-corrected chi connectivity index (χ2v) is 4.79. The van der Waals surface area contributed by atoms with Crippen LogP contribution < -0.4 is 0 Å². The highest BCUT2D eigenvalue weighted by Gasteiger charge is 2.07. The van der Waals surface area contributed by atoms with Crippen molar-refractivity contribution in [1.29, 1.82) is 5.26 Å². The summed E-state index contributed by atoms with van der Waals surface area (Å²) >= 11 is 4.80.